The Labute approximate surface area is 90.0 Å². The predicted octanol–water partition coefficient (Wildman–Crippen LogP) is 1.05. The van der Waals surface area contributed by atoms with Crippen molar-refractivity contribution < 1.29 is 9.59 Å². The summed E-state index contributed by atoms with van der Waals surface area (Å²) in [5, 5.41) is 0.0778. The van der Waals surface area contributed by atoms with Crippen LogP contribution in [0.2, 0.25) is 10.0 Å². The Bertz CT molecular complexity index is 393. The maximum atomic E-state index is 11.1. The molecule has 0 atom stereocenters. The summed E-state index contributed by atoms with van der Waals surface area (Å²) in [5.41, 5.74) is 1.93. The molecular formula is C8H5Cl2N2O2. The summed E-state index contributed by atoms with van der Waals surface area (Å²) in [7, 11) is 0. The van der Waals surface area contributed by atoms with E-state index in [1.54, 1.807) is 6.29 Å². The molecule has 73 valence electrons. The molecule has 0 aliphatic rings. The van der Waals surface area contributed by atoms with E-state index in [9.17, 15) is 9.59 Å². The second-order valence-corrected chi connectivity index (χ2v) is 3.14. The lowest BCUT2D eigenvalue weighted by Crippen LogP contribution is -2.30. The highest BCUT2D eigenvalue weighted by atomic mass is 35.5. The van der Waals surface area contributed by atoms with Gasteiger partial charge in [-0.2, -0.15) is 0 Å². The van der Waals surface area contributed by atoms with Gasteiger partial charge < -0.3 is 0 Å². The van der Waals surface area contributed by atoms with E-state index < -0.39 is 5.91 Å². The second kappa shape index (κ2) is 4.41. The first kappa shape index (κ1) is 11.0. The van der Waals surface area contributed by atoms with Gasteiger partial charge in [-0.15, -0.1) is 0 Å². The lowest BCUT2D eigenvalue weighted by atomic mass is 10.1. The molecule has 4 nitrogen and oxygen atoms in total. The molecule has 0 saturated carbocycles. The number of hydrazine groups is 1. The van der Waals surface area contributed by atoms with E-state index in [2.05, 4.69) is 0 Å². The number of nitrogens with two attached hydrogens (primary N) is 1. The van der Waals surface area contributed by atoms with Crippen molar-refractivity contribution in [3.05, 3.63) is 33.3 Å². The number of hydrogen-bond donors (Lipinski definition) is 2. The van der Waals surface area contributed by atoms with Gasteiger partial charge >= 0.3 is 0 Å². The number of amides is 1. The van der Waals surface area contributed by atoms with E-state index in [0.29, 0.717) is 0 Å². The largest absolute Gasteiger partial charge is 0.290 e. The Hall–Kier alpha value is -1.10. The van der Waals surface area contributed by atoms with Crippen LogP contribution in [-0.2, 0) is 4.79 Å². The standard InChI is InChI=1S/C8H5Cl2N2O2/c9-6-2-1-4(8(14)12-11)7(10)5(6)3-13/h1-2H,11H2,(H,12,14). The van der Waals surface area contributed by atoms with Gasteiger partial charge in [-0.05, 0) is 12.1 Å². The first-order chi connectivity index (χ1) is 6.61. The van der Waals surface area contributed by atoms with Crippen LogP contribution in [0, 0.1) is 0 Å². The number of carbonyl (C=O) groups excluding carboxylic acids is 2. The number of nitrogen functional groups attached to an aromatic ring is 1. The number of benzene rings is 1. The lowest BCUT2D eigenvalue weighted by molar-refractivity contribution is 0.0954. The Balaban J connectivity index is 3.35. The highest BCUT2D eigenvalue weighted by Crippen LogP contribution is 2.26. The smallest absolute Gasteiger partial charge is 0.266 e. The fraction of sp³-hybridized carbons (Fsp3) is 0. The van der Waals surface area contributed by atoms with Crippen molar-refractivity contribution in [2.45, 2.75) is 0 Å². The van der Waals surface area contributed by atoms with Crippen LogP contribution in [0.3, 0.4) is 0 Å². The first-order valence-electron chi connectivity index (χ1n) is 3.49. The van der Waals surface area contributed by atoms with Crippen molar-refractivity contribution in [1.82, 2.24) is 5.43 Å². The van der Waals surface area contributed by atoms with Crippen LogP contribution < -0.4 is 11.3 Å². The second-order valence-electron chi connectivity index (χ2n) is 2.36. The number of halogens is 2. The molecule has 1 aromatic carbocycles. The molecule has 0 aromatic heterocycles. The normalized spacial score (nSPS) is 9.64. The highest BCUT2D eigenvalue weighted by molar-refractivity contribution is 6.40. The maximum Gasteiger partial charge on any atom is 0.266 e. The van der Waals surface area contributed by atoms with Gasteiger partial charge in [-0.25, -0.2) is 5.84 Å². The molecule has 0 saturated heterocycles. The fourth-order valence-corrected chi connectivity index (χ4v) is 1.43. The van der Waals surface area contributed by atoms with Gasteiger partial charge in [-0.1, -0.05) is 23.2 Å². The summed E-state index contributed by atoms with van der Waals surface area (Å²) in [4.78, 5) is 21.6. The average Bonchev–Trinajstić information content (AvgIpc) is 2.18. The Morgan fingerprint density at radius 3 is 2.57 bits per heavy atom. The minimum absolute atomic E-state index is 0.0468. The van der Waals surface area contributed by atoms with E-state index in [1.165, 1.54) is 12.1 Å². The Morgan fingerprint density at radius 2 is 2.07 bits per heavy atom. The summed E-state index contributed by atoms with van der Waals surface area (Å²) in [6.07, 6.45) is 1.55. The topological polar surface area (TPSA) is 72.2 Å². The van der Waals surface area contributed by atoms with Crippen LogP contribution in [0.25, 0.3) is 0 Å². The maximum absolute atomic E-state index is 11.1. The van der Waals surface area contributed by atoms with Crippen LogP contribution in [0.15, 0.2) is 12.1 Å². The van der Waals surface area contributed by atoms with Crippen molar-refractivity contribution in [1.29, 1.82) is 0 Å². The van der Waals surface area contributed by atoms with E-state index in [1.807, 2.05) is 5.43 Å². The van der Waals surface area contributed by atoms with E-state index in [4.69, 9.17) is 29.0 Å². The van der Waals surface area contributed by atoms with Gasteiger partial charge in [0.1, 0.15) is 0 Å². The number of rotatable bonds is 2. The van der Waals surface area contributed by atoms with Gasteiger partial charge in [0.05, 0.1) is 21.2 Å². The third kappa shape index (κ3) is 1.87. The average molecular weight is 232 g/mol. The van der Waals surface area contributed by atoms with Crippen LogP contribution in [0.5, 0.6) is 0 Å². The van der Waals surface area contributed by atoms with Crippen molar-refractivity contribution in [2.24, 2.45) is 5.84 Å². The van der Waals surface area contributed by atoms with E-state index in [0.717, 1.165) is 0 Å². The van der Waals surface area contributed by atoms with E-state index in [-0.39, 0.29) is 21.2 Å². The summed E-state index contributed by atoms with van der Waals surface area (Å²) in [6.45, 7) is 0. The molecule has 0 fully saturated rings. The number of hydrogen-bond acceptors (Lipinski definition) is 3. The minimum Gasteiger partial charge on any atom is -0.290 e. The highest BCUT2D eigenvalue weighted by Gasteiger charge is 2.15. The lowest BCUT2D eigenvalue weighted by Gasteiger charge is -2.05. The van der Waals surface area contributed by atoms with Gasteiger partial charge in [-0.3, -0.25) is 15.0 Å². The van der Waals surface area contributed by atoms with E-state index >= 15 is 0 Å². The summed E-state index contributed by atoms with van der Waals surface area (Å²) < 4.78 is 0. The molecule has 1 aromatic rings. The first-order valence-corrected chi connectivity index (χ1v) is 4.24. The van der Waals surface area contributed by atoms with Crippen molar-refractivity contribution in [2.75, 3.05) is 0 Å². The molecule has 14 heavy (non-hydrogen) atoms. The summed E-state index contributed by atoms with van der Waals surface area (Å²) in [5.74, 6) is 4.32. The van der Waals surface area contributed by atoms with Gasteiger partial charge in [0.2, 0.25) is 6.29 Å². The molecule has 0 spiro atoms. The summed E-state index contributed by atoms with van der Waals surface area (Å²) >= 11 is 11.4. The fourth-order valence-electron chi connectivity index (χ4n) is 0.899. The zero-order valence-corrected chi connectivity index (χ0v) is 8.32. The minimum atomic E-state index is -0.594. The molecule has 0 unspecified atom stereocenters. The van der Waals surface area contributed by atoms with Crippen molar-refractivity contribution >= 4 is 35.4 Å². The molecule has 6 heteroatoms. The summed E-state index contributed by atoms with van der Waals surface area (Å²) in [6, 6.07) is 2.74. The molecule has 1 rings (SSSR count). The molecule has 3 N–H and O–H groups in total. The predicted molar refractivity (Wildman–Crippen MR) is 52.9 cm³/mol. The van der Waals surface area contributed by atoms with Crippen LogP contribution in [0.4, 0.5) is 0 Å². The molecule has 1 radical (unpaired) electrons. The SMILES string of the molecule is NNC(=O)c1ccc(Cl)c([C]=O)c1Cl. The van der Waals surface area contributed by atoms with Crippen molar-refractivity contribution in [3.63, 3.8) is 0 Å². The van der Waals surface area contributed by atoms with Crippen LogP contribution >= 0.6 is 23.2 Å². The Morgan fingerprint density at radius 1 is 1.43 bits per heavy atom. The third-order valence-electron chi connectivity index (χ3n) is 1.57. The molecule has 1 amide bonds. The molecule has 0 bridgehead atoms. The Kier molecular flexibility index (Phi) is 3.46. The van der Waals surface area contributed by atoms with Gasteiger partial charge in [0.25, 0.3) is 5.91 Å². The third-order valence-corrected chi connectivity index (χ3v) is 2.28. The monoisotopic (exact) mass is 231 g/mol. The molecule has 0 aliphatic heterocycles. The molecular weight excluding hydrogens is 227 g/mol. The quantitative estimate of drug-likeness (QED) is 0.454. The number of nitrogens with one attached hydrogen (secondary N) is 1. The zero-order chi connectivity index (χ0) is 10.7. The van der Waals surface area contributed by atoms with Crippen molar-refractivity contribution in [3.8, 4) is 0 Å². The van der Waals surface area contributed by atoms with Gasteiger partial charge in [0, 0.05) is 0 Å². The van der Waals surface area contributed by atoms with Crippen LogP contribution in [-0.4, -0.2) is 12.2 Å². The van der Waals surface area contributed by atoms with Crippen LogP contribution in [0.1, 0.15) is 15.9 Å². The van der Waals surface area contributed by atoms with Gasteiger partial charge in [0.15, 0.2) is 0 Å². The number of carbonyl (C=O) groups is 1. The molecule has 0 heterocycles. The molecule has 0 aliphatic carbocycles. The zero-order valence-electron chi connectivity index (χ0n) is 6.80.